The standard InChI is InChI=1S/C21H24N4/c1-3-24(2)17-13-14-25(15-17)21-18-11-7-8-12-19(18)22-20(23-21)16-9-5-4-6-10-16/h4-12,17H,3,13-15H2,1-2H3. The van der Waals surface area contributed by atoms with Crippen LogP contribution in [0, 0.1) is 0 Å². The largest absolute Gasteiger partial charge is 0.354 e. The van der Waals surface area contributed by atoms with E-state index in [4.69, 9.17) is 9.97 Å². The van der Waals surface area contributed by atoms with Crippen molar-refractivity contribution >= 4 is 16.7 Å². The first kappa shape index (κ1) is 16.0. The lowest BCUT2D eigenvalue weighted by atomic mass is 10.2. The third-order valence-electron chi connectivity index (χ3n) is 5.20. The van der Waals surface area contributed by atoms with Gasteiger partial charge >= 0.3 is 0 Å². The third-order valence-corrected chi connectivity index (χ3v) is 5.20. The molecule has 1 atom stereocenters. The fraction of sp³-hybridized carbons (Fsp3) is 0.333. The van der Waals surface area contributed by atoms with Crippen molar-refractivity contribution in [1.29, 1.82) is 0 Å². The third kappa shape index (κ3) is 3.10. The molecule has 128 valence electrons. The molecule has 0 bridgehead atoms. The van der Waals surface area contributed by atoms with E-state index >= 15 is 0 Å². The van der Waals surface area contributed by atoms with E-state index in [-0.39, 0.29) is 0 Å². The van der Waals surface area contributed by atoms with Crippen LogP contribution < -0.4 is 4.90 Å². The summed E-state index contributed by atoms with van der Waals surface area (Å²) in [6, 6.07) is 19.2. The first-order chi connectivity index (χ1) is 12.3. The summed E-state index contributed by atoms with van der Waals surface area (Å²) in [5.74, 6) is 1.87. The molecule has 3 aromatic rings. The minimum Gasteiger partial charge on any atom is -0.354 e. The molecule has 2 heterocycles. The zero-order chi connectivity index (χ0) is 17.2. The molecule has 0 saturated carbocycles. The zero-order valence-corrected chi connectivity index (χ0v) is 14.9. The Morgan fingerprint density at radius 1 is 1.04 bits per heavy atom. The number of fused-ring (bicyclic) bond motifs is 1. The van der Waals surface area contributed by atoms with E-state index in [1.807, 2.05) is 24.3 Å². The van der Waals surface area contributed by atoms with Crippen LogP contribution in [0.1, 0.15) is 13.3 Å². The number of likely N-dealkylation sites (N-methyl/N-ethyl adjacent to an activating group) is 1. The average molecular weight is 332 g/mol. The lowest BCUT2D eigenvalue weighted by molar-refractivity contribution is 0.272. The van der Waals surface area contributed by atoms with Crippen molar-refractivity contribution in [3.63, 3.8) is 0 Å². The summed E-state index contributed by atoms with van der Waals surface area (Å²) in [7, 11) is 2.21. The van der Waals surface area contributed by atoms with Crippen molar-refractivity contribution in [2.45, 2.75) is 19.4 Å². The maximum atomic E-state index is 4.97. The number of aromatic nitrogens is 2. The van der Waals surface area contributed by atoms with Crippen LogP contribution in [0.15, 0.2) is 54.6 Å². The van der Waals surface area contributed by atoms with E-state index in [1.165, 1.54) is 6.42 Å². The highest BCUT2D eigenvalue weighted by molar-refractivity contribution is 5.91. The Hall–Kier alpha value is -2.46. The van der Waals surface area contributed by atoms with Crippen LogP contribution in [-0.2, 0) is 0 Å². The molecule has 0 radical (unpaired) electrons. The average Bonchev–Trinajstić information content (AvgIpc) is 3.17. The number of nitrogens with zero attached hydrogens (tertiary/aromatic N) is 4. The fourth-order valence-corrected chi connectivity index (χ4v) is 3.57. The first-order valence-electron chi connectivity index (χ1n) is 9.03. The smallest absolute Gasteiger partial charge is 0.162 e. The van der Waals surface area contributed by atoms with Crippen LogP contribution in [0.3, 0.4) is 0 Å². The summed E-state index contributed by atoms with van der Waals surface area (Å²) in [6.07, 6.45) is 1.18. The van der Waals surface area contributed by atoms with Crippen molar-refractivity contribution in [3.05, 3.63) is 54.6 Å². The van der Waals surface area contributed by atoms with Gasteiger partial charge in [0.05, 0.1) is 5.52 Å². The second kappa shape index (κ2) is 6.81. The number of hydrogen-bond donors (Lipinski definition) is 0. The summed E-state index contributed by atoms with van der Waals surface area (Å²) in [6.45, 7) is 5.37. The predicted octanol–water partition coefficient (Wildman–Crippen LogP) is 3.83. The Labute approximate surface area is 149 Å². The first-order valence-corrected chi connectivity index (χ1v) is 9.03. The molecule has 1 saturated heterocycles. The number of hydrogen-bond acceptors (Lipinski definition) is 4. The van der Waals surface area contributed by atoms with E-state index in [1.54, 1.807) is 0 Å². The zero-order valence-electron chi connectivity index (χ0n) is 14.9. The Bertz CT molecular complexity index is 862. The SMILES string of the molecule is CCN(C)C1CCN(c2nc(-c3ccccc3)nc3ccccc23)C1. The maximum Gasteiger partial charge on any atom is 0.162 e. The summed E-state index contributed by atoms with van der Waals surface area (Å²) in [5, 5.41) is 1.14. The van der Waals surface area contributed by atoms with Gasteiger partial charge in [0.15, 0.2) is 5.82 Å². The van der Waals surface area contributed by atoms with Crippen molar-refractivity contribution in [2.24, 2.45) is 0 Å². The van der Waals surface area contributed by atoms with E-state index in [0.29, 0.717) is 6.04 Å². The molecule has 4 rings (SSSR count). The number of rotatable bonds is 4. The van der Waals surface area contributed by atoms with Gasteiger partial charge in [0, 0.05) is 30.1 Å². The summed E-state index contributed by atoms with van der Waals surface area (Å²) in [4.78, 5) is 14.6. The molecular weight excluding hydrogens is 308 g/mol. The number of benzene rings is 2. The maximum absolute atomic E-state index is 4.97. The molecule has 4 heteroatoms. The van der Waals surface area contributed by atoms with Gasteiger partial charge < -0.3 is 9.80 Å². The fourth-order valence-electron chi connectivity index (χ4n) is 3.57. The summed E-state index contributed by atoms with van der Waals surface area (Å²) >= 11 is 0. The molecule has 0 aliphatic carbocycles. The molecule has 4 nitrogen and oxygen atoms in total. The number of anilines is 1. The molecule has 2 aromatic carbocycles. The molecular formula is C21H24N4. The van der Waals surface area contributed by atoms with Crippen LogP contribution in [0.4, 0.5) is 5.82 Å². The predicted molar refractivity (Wildman–Crippen MR) is 104 cm³/mol. The van der Waals surface area contributed by atoms with Gasteiger partial charge in [-0.05, 0) is 32.1 Å². The van der Waals surface area contributed by atoms with Crippen molar-refractivity contribution in [1.82, 2.24) is 14.9 Å². The highest BCUT2D eigenvalue weighted by Crippen LogP contribution is 2.30. The minimum atomic E-state index is 0.596. The molecule has 1 aliphatic rings. The second-order valence-electron chi connectivity index (χ2n) is 6.72. The van der Waals surface area contributed by atoms with Gasteiger partial charge in [-0.2, -0.15) is 0 Å². The lowest BCUT2D eigenvalue weighted by Gasteiger charge is -2.24. The normalized spacial score (nSPS) is 17.6. The molecule has 1 fully saturated rings. The summed E-state index contributed by atoms with van der Waals surface area (Å²) < 4.78 is 0. The van der Waals surface area contributed by atoms with E-state index in [0.717, 1.165) is 47.7 Å². The molecule has 0 spiro atoms. The van der Waals surface area contributed by atoms with Gasteiger partial charge in [-0.3, -0.25) is 0 Å². The summed E-state index contributed by atoms with van der Waals surface area (Å²) in [5.41, 5.74) is 2.08. The van der Waals surface area contributed by atoms with E-state index in [2.05, 4.69) is 54.1 Å². The molecule has 1 aromatic heterocycles. The van der Waals surface area contributed by atoms with Crippen molar-refractivity contribution < 1.29 is 0 Å². The van der Waals surface area contributed by atoms with Gasteiger partial charge in [-0.15, -0.1) is 0 Å². The topological polar surface area (TPSA) is 32.3 Å². The van der Waals surface area contributed by atoms with Crippen molar-refractivity contribution in [3.8, 4) is 11.4 Å². The number of para-hydroxylation sites is 1. The molecule has 0 amide bonds. The Balaban J connectivity index is 1.77. The van der Waals surface area contributed by atoms with Gasteiger partial charge in [0.25, 0.3) is 0 Å². The monoisotopic (exact) mass is 332 g/mol. The molecule has 1 unspecified atom stereocenters. The Morgan fingerprint density at radius 3 is 2.60 bits per heavy atom. The minimum absolute atomic E-state index is 0.596. The Kier molecular flexibility index (Phi) is 4.36. The van der Waals surface area contributed by atoms with Gasteiger partial charge in [0.1, 0.15) is 5.82 Å². The van der Waals surface area contributed by atoms with Crippen LogP contribution >= 0.6 is 0 Å². The Morgan fingerprint density at radius 2 is 1.80 bits per heavy atom. The quantitative estimate of drug-likeness (QED) is 0.727. The molecule has 1 aliphatic heterocycles. The van der Waals surface area contributed by atoms with E-state index < -0.39 is 0 Å². The van der Waals surface area contributed by atoms with Crippen LogP contribution in [0.5, 0.6) is 0 Å². The van der Waals surface area contributed by atoms with E-state index in [9.17, 15) is 0 Å². The molecule has 0 N–H and O–H groups in total. The van der Waals surface area contributed by atoms with Gasteiger partial charge in [0.2, 0.25) is 0 Å². The highest BCUT2D eigenvalue weighted by Gasteiger charge is 2.27. The van der Waals surface area contributed by atoms with Crippen LogP contribution in [-0.4, -0.2) is 47.6 Å². The lowest BCUT2D eigenvalue weighted by Crippen LogP contribution is -2.34. The van der Waals surface area contributed by atoms with Crippen LogP contribution in [0.2, 0.25) is 0 Å². The second-order valence-corrected chi connectivity index (χ2v) is 6.72. The van der Waals surface area contributed by atoms with Gasteiger partial charge in [-0.1, -0.05) is 49.4 Å². The van der Waals surface area contributed by atoms with Crippen LogP contribution in [0.25, 0.3) is 22.3 Å². The molecule has 25 heavy (non-hydrogen) atoms. The van der Waals surface area contributed by atoms with Gasteiger partial charge in [-0.25, -0.2) is 9.97 Å². The highest BCUT2D eigenvalue weighted by atomic mass is 15.3. The van der Waals surface area contributed by atoms with Crippen molar-refractivity contribution in [2.75, 3.05) is 31.6 Å².